The first-order chi connectivity index (χ1) is 13.5. The highest BCUT2D eigenvalue weighted by molar-refractivity contribution is 6.35. The molecular weight excluding hydrogens is 386 g/mol. The van der Waals surface area contributed by atoms with Crippen LogP contribution in [0.25, 0.3) is 0 Å². The summed E-state index contributed by atoms with van der Waals surface area (Å²) >= 11 is 6.22. The number of benzene rings is 1. The Kier molecular flexibility index (Phi) is 7.23. The number of ether oxygens (including phenoxy) is 3. The van der Waals surface area contributed by atoms with E-state index in [0.29, 0.717) is 56.4 Å². The monoisotopic (exact) mass is 413 g/mol. The summed E-state index contributed by atoms with van der Waals surface area (Å²) < 4.78 is 16.4. The van der Waals surface area contributed by atoms with E-state index in [2.05, 4.69) is 10.2 Å². The zero-order chi connectivity index (χ0) is 20.1. The van der Waals surface area contributed by atoms with Gasteiger partial charge in [-0.2, -0.15) is 0 Å². The van der Waals surface area contributed by atoms with Crippen LogP contribution < -0.4 is 20.5 Å². The number of aliphatic hydroxyl groups excluding tert-OH is 1. The van der Waals surface area contributed by atoms with Gasteiger partial charge in [-0.25, -0.2) is 0 Å². The number of methoxy groups -OCH3 is 1. The highest BCUT2D eigenvalue weighted by Crippen LogP contribution is 2.43. The van der Waals surface area contributed by atoms with Gasteiger partial charge in [0.1, 0.15) is 5.02 Å². The van der Waals surface area contributed by atoms with Crippen LogP contribution in [0, 0.1) is 5.92 Å². The maximum absolute atomic E-state index is 12.8. The number of hydrogen-bond acceptors (Lipinski definition) is 7. The highest BCUT2D eigenvalue weighted by atomic mass is 35.5. The van der Waals surface area contributed by atoms with E-state index >= 15 is 0 Å². The third kappa shape index (κ3) is 4.81. The summed E-state index contributed by atoms with van der Waals surface area (Å²) in [4.78, 5) is 15.0. The van der Waals surface area contributed by atoms with Crippen LogP contribution in [-0.2, 0) is 4.74 Å². The van der Waals surface area contributed by atoms with Crippen molar-refractivity contribution >= 4 is 23.2 Å². The number of likely N-dealkylation sites (tertiary alicyclic amines) is 1. The first-order valence-electron chi connectivity index (χ1n) is 9.56. The Morgan fingerprint density at radius 2 is 2.18 bits per heavy atom. The molecule has 9 heteroatoms. The standard InChI is InChI=1S/C19H28ClN3O5/c1-26-8-5-23-4-3-12(15(24)11-23)10-22-19(25)13-9-14(21)16(20)18-17(13)27-6-2-7-28-18/h9,12,15,24H,2-8,10-11,21H2,1H3,(H,22,25)/t12-,15+/m0/s1. The van der Waals surface area contributed by atoms with Gasteiger partial charge in [0.25, 0.3) is 5.91 Å². The van der Waals surface area contributed by atoms with Crippen molar-refractivity contribution in [2.45, 2.75) is 18.9 Å². The Labute approximate surface area is 169 Å². The maximum atomic E-state index is 12.8. The zero-order valence-electron chi connectivity index (χ0n) is 16.1. The Morgan fingerprint density at radius 1 is 1.43 bits per heavy atom. The minimum Gasteiger partial charge on any atom is -0.489 e. The molecule has 0 unspecified atom stereocenters. The number of aliphatic hydroxyl groups is 1. The van der Waals surface area contributed by atoms with Gasteiger partial charge in [0.2, 0.25) is 0 Å². The van der Waals surface area contributed by atoms with Crippen LogP contribution in [0.4, 0.5) is 5.69 Å². The zero-order valence-corrected chi connectivity index (χ0v) is 16.8. The van der Waals surface area contributed by atoms with Crippen LogP contribution in [-0.4, -0.2) is 75.1 Å². The largest absolute Gasteiger partial charge is 0.489 e. The summed E-state index contributed by atoms with van der Waals surface area (Å²) in [5.41, 5.74) is 6.51. The van der Waals surface area contributed by atoms with Crippen molar-refractivity contribution in [1.29, 1.82) is 0 Å². The van der Waals surface area contributed by atoms with Crippen LogP contribution >= 0.6 is 11.6 Å². The van der Waals surface area contributed by atoms with Crippen molar-refractivity contribution in [2.75, 3.05) is 58.8 Å². The lowest BCUT2D eigenvalue weighted by Gasteiger charge is -2.35. The number of piperidine rings is 1. The second-order valence-corrected chi connectivity index (χ2v) is 7.53. The fourth-order valence-corrected chi connectivity index (χ4v) is 3.71. The van der Waals surface area contributed by atoms with Crippen molar-refractivity contribution < 1.29 is 24.1 Å². The van der Waals surface area contributed by atoms with Crippen molar-refractivity contribution in [1.82, 2.24) is 10.2 Å². The molecule has 1 amide bonds. The first kappa shape index (κ1) is 21.0. The Hall–Kier alpha value is -1.74. The second kappa shape index (κ2) is 9.65. The smallest absolute Gasteiger partial charge is 0.255 e. The Morgan fingerprint density at radius 3 is 2.89 bits per heavy atom. The van der Waals surface area contributed by atoms with E-state index in [4.69, 9.17) is 31.5 Å². The summed E-state index contributed by atoms with van der Waals surface area (Å²) in [6.07, 6.45) is 0.990. The number of β-amino-alcohol motifs (C(OH)–C–C–N with tert-alkyl or cyclic N) is 1. The average Bonchev–Trinajstić information content (AvgIpc) is 2.94. The molecule has 0 spiro atoms. The molecular formula is C19H28ClN3O5. The molecule has 1 aromatic rings. The number of amides is 1. The lowest BCUT2D eigenvalue weighted by atomic mass is 9.93. The summed E-state index contributed by atoms with van der Waals surface area (Å²) in [7, 11) is 1.66. The molecule has 1 aromatic carbocycles. The minimum absolute atomic E-state index is 0.0110. The number of carbonyl (C=O) groups excluding carboxylic acids is 1. The van der Waals surface area contributed by atoms with Gasteiger partial charge < -0.3 is 30.4 Å². The van der Waals surface area contributed by atoms with E-state index < -0.39 is 6.10 Å². The van der Waals surface area contributed by atoms with Crippen molar-refractivity contribution in [3.8, 4) is 11.5 Å². The number of anilines is 1. The molecule has 2 aliphatic rings. The number of nitrogens with zero attached hydrogens (tertiary/aromatic N) is 1. The van der Waals surface area contributed by atoms with Gasteiger partial charge in [-0.1, -0.05) is 11.6 Å². The topological polar surface area (TPSA) is 106 Å². The highest BCUT2D eigenvalue weighted by Gasteiger charge is 2.29. The lowest BCUT2D eigenvalue weighted by Crippen LogP contribution is -2.48. The molecule has 3 rings (SSSR count). The van der Waals surface area contributed by atoms with Gasteiger partial charge in [0.15, 0.2) is 11.5 Å². The number of rotatable bonds is 6. The molecule has 2 aliphatic heterocycles. The number of nitrogen functional groups attached to an aromatic ring is 1. The summed E-state index contributed by atoms with van der Waals surface area (Å²) in [5.74, 6) is 0.308. The van der Waals surface area contributed by atoms with E-state index in [-0.39, 0.29) is 22.5 Å². The Bertz CT molecular complexity index is 703. The van der Waals surface area contributed by atoms with Crippen molar-refractivity contribution in [3.05, 3.63) is 16.7 Å². The third-order valence-corrected chi connectivity index (χ3v) is 5.56. The van der Waals surface area contributed by atoms with E-state index in [9.17, 15) is 9.90 Å². The van der Waals surface area contributed by atoms with Crippen LogP contribution in [0.3, 0.4) is 0 Å². The normalized spacial score (nSPS) is 22.5. The fourth-order valence-electron chi connectivity index (χ4n) is 3.51. The molecule has 28 heavy (non-hydrogen) atoms. The summed E-state index contributed by atoms with van der Waals surface area (Å²) in [5, 5.41) is 13.6. The molecule has 2 atom stereocenters. The molecule has 156 valence electrons. The molecule has 0 saturated carbocycles. The van der Waals surface area contributed by atoms with Gasteiger partial charge in [-0.3, -0.25) is 9.69 Å². The number of carbonyl (C=O) groups is 1. The quantitative estimate of drug-likeness (QED) is 0.600. The van der Waals surface area contributed by atoms with E-state index in [1.165, 1.54) is 6.07 Å². The molecule has 1 saturated heterocycles. The van der Waals surface area contributed by atoms with E-state index in [0.717, 1.165) is 19.5 Å². The van der Waals surface area contributed by atoms with E-state index in [1.807, 2.05) is 0 Å². The van der Waals surface area contributed by atoms with Crippen LogP contribution in [0.5, 0.6) is 11.5 Å². The number of nitrogens with one attached hydrogen (secondary N) is 1. The predicted octanol–water partition coefficient (Wildman–Crippen LogP) is 1.14. The van der Waals surface area contributed by atoms with Gasteiger partial charge in [-0.15, -0.1) is 0 Å². The number of nitrogens with two attached hydrogens (primary N) is 1. The van der Waals surface area contributed by atoms with Crippen LogP contribution in [0.2, 0.25) is 5.02 Å². The lowest BCUT2D eigenvalue weighted by molar-refractivity contribution is 0.0132. The van der Waals surface area contributed by atoms with Gasteiger partial charge in [0, 0.05) is 39.1 Å². The molecule has 0 aliphatic carbocycles. The maximum Gasteiger partial charge on any atom is 0.255 e. The molecule has 1 fully saturated rings. The van der Waals surface area contributed by atoms with Crippen LogP contribution in [0.1, 0.15) is 23.2 Å². The number of fused-ring (bicyclic) bond motifs is 1. The fraction of sp³-hybridized carbons (Fsp3) is 0.632. The van der Waals surface area contributed by atoms with Crippen molar-refractivity contribution in [3.63, 3.8) is 0 Å². The second-order valence-electron chi connectivity index (χ2n) is 7.16. The van der Waals surface area contributed by atoms with Gasteiger partial charge in [-0.05, 0) is 19.0 Å². The minimum atomic E-state index is -0.502. The number of halogens is 1. The first-order valence-corrected chi connectivity index (χ1v) is 9.94. The Balaban J connectivity index is 1.63. The third-order valence-electron chi connectivity index (χ3n) is 5.17. The molecule has 8 nitrogen and oxygen atoms in total. The SMILES string of the molecule is COCCN1CC[C@@H](CNC(=O)c2cc(N)c(Cl)c3c2OCCCO3)[C@H](O)C1. The molecule has 0 bridgehead atoms. The summed E-state index contributed by atoms with van der Waals surface area (Å²) in [6.45, 7) is 4.12. The number of hydrogen-bond donors (Lipinski definition) is 3. The average molecular weight is 414 g/mol. The van der Waals surface area contributed by atoms with E-state index in [1.54, 1.807) is 7.11 Å². The van der Waals surface area contributed by atoms with Crippen molar-refractivity contribution in [2.24, 2.45) is 5.92 Å². The van der Waals surface area contributed by atoms with Crippen LogP contribution in [0.15, 0.2) is 6.07 Å². The predicted molar refractivity (Wildman–Crippen MR) is 106 cm³/mol. The molecule has 0 aromatic heterocycles. The molecule has 0 radical (unpaired) electrons. The van der Waals surface area contributed by atoms with Gasteiger partial charge >= 0.3 is 0 Å². The van der Waals surface area contributed by atoms with Gasteiger partial charge in [0.05, 0.1) is 37.2 Å². The molecule has 4 N–H and O–H groups in total. The molecule has 2 heterocycles. The summed E-state index contributed by atoms with van der Waals surface area (Å²) in [6, 6.07) is 1.51.